The zero-order valence-corrected chi connectivity index (χ0v) is 12.8. The molecule has 1 rings (SSSR count). The third kappa shape index (κ3) is 4.90. The van der Waals surface area contributed by atoms with Crippen LogP contribution in [0.3, 0.4) is 0 Å². The van der Waals surface area contributed by atoms with Crippen molar-refractivity contribution >= 4 is 13.8 Å². The van der Waals surface area contributed by atoms with Gasteiger partial charge in [-0.15, -0.1) is 0 Å². The summed E-state index contributed by atoms with van der Waals surface area (Å²) in [6.07, 6.45) is 1.14. The van der Waals surface area contributed by atoms with Crippen molar-refractivity contribution in [1.29, 1.82) is 0 Å². The molecular weight excluding hydrogens is 261 g/mol. The number of aliphatic imine (C=N–C) groups is 1. The molecule has 0 aliphatic carbocycles. The Labute approximate surface area is 114 Å². The predicted octanol–water partition coefficient (Wildman–Crippen LogP) is 3.49. The molecule has 0 aromatic heterocycles. The molecule has 0 atom stereocenters. The molecule has 4 nitrogen and oxygen atoms in total. The van der Waals surface area contributed by atoms with Crippen molar-refractivity contribution in [2.45, 2.75) is 39.5 Å². The maximum atomic E-state index is 10.8. The van der Waals surface area contributed by atoms with Gasteiger partial charge in [-0.3, -0.25) is 9.56 Å². The Balaban J connectivity index is 3.18. The van der Waals surface area contributed by atoms with Crippen LogP contribution in [0.25, 0.3) is 0 Å². The molecule has 1 aromatic rings. The molecule has 5 heteroatoms. The smallest absolute Gasteiger partial charge is 0.323 e. The van der Waals surface area contributed by atoms with E-state index in [1.807, 2.05) is 18.2 Å². The van der Waals surface area contributed by atoms with Gasteiger partial charge in [-0.25, -0.2) is 0 Å². The Kier molecular flexibility index (Phi) is 5.48. The van der Waals surface area contributed by atoms with Gasteiger partial charge in [-0.2, -0.15) is 0 Å². The molecular formula is C14H22NO3P. The quantitative estimate of drug-likeness (QED) is 0.642. The third-order valence-corrected chi connectivity index (χ3v) is 3.44. The Morgan fingerprint density at radius 2 is 1.63 bits per heavy atom. The molecule has 0 amide bonds. The summed E-state index contributed by atoms with van der Waals surface area (Å²) in [5.74, 6) is 0.686. The molecule has 0 spiro atoms. The molecule has 0 heterocycles. The first-order valence-electron chi connectivity index (χ1n) is 6.39. The van der Waals surface area contributed by atoms with Gasteiger partial charge in [0, 0.05) is 6.21 Å². The second kappa shape index (κ2) is 6.47. The summed E-state index contributed by atoms with van der Waals surface area (Å²) in [6, 6.07) is 6.09. The van der Waals surface area contributed by atoms with E-state index in [9.17, 15) is 4.57 Å². The first-order chi connectivity index (χ1) is 8.72. The topological polar surface area (TPSA) is 69.9 Å². The standard InChI is InChI=1S/C14H22NO3P/c1-10(2)12-6-5-7-13(11(3)4)14(12)8-15-9-19(16,17)18/h5-8,10-11H,9H2,1-4H3,(H2,16,17,18)/b15-8+. The molecule has 0 bridgehead atoms. The van der Waals surface area contributed by atoms with Crippen LogP contribution in [0.2, 0.25) is 0 Å². The van der Waals surface area contributed by atoms with Crippen LogP contribution in [0, 0.1) is 0 Å². The van der Waals surface area contributed by atoms with Gasteiger partial charge in [0.2, 0.25) is 0 Å². The van der Waals surface area contributed by atoms with Gasteiger partial charge >= 0.3 is 7.60 Å². The second-order valence-electron chi connectivity index (χ2n) is 5.28. The van der Waals surface area contributed by atoms with Crippen LogP contribution in [0.5, 0.6) is 0 Å². The lowest BCUT2D eigenvalue weighted by molar-refractivity contribution is 0.374. The summed E-state index contributed by atoms with van der Waals surface area (Å²) < 4.78 is 10.8. The highest BCUT2D eigenvalue weighted by Crippen LogP contribution is 2.34. The largest absolute Gasteiger partial charge is 0.346 e. The van der Waals surface area contributed by atoms with Crippen LogP contribution in [0.1, 0.15) is 56.2 Å². The lowest BCUT2D eigenvalue weighted by Gasteiger charge is -2.16. The van der Waals surface area contributed by atoms with Crippen LogP contribution in [0.15, 0.2) is 23.2 Å². The summed E-state index contributed by atoms with van der Waals surface area (Å²) in [7, 11) is -4.08. The van der Waals surface area contributed by atoms with Gasteiger partial charge < -0.3 is 9.79 Å². The van der Waals surface area contributed by atoms with Crippen molar-refractivity contribution in [3.8, 4) is 0 Å². The van der Waals surface area contributed by atoms with Crippen molar-refractivity contribution in [2.75, 3.05) is 6.29 Å². The van der Waals surface area contributed by atoms with Crippen LogP contribution < -0.4 is 0 Å². The van der Waals surface area contributed by atoms with Crippen LogP contribution >= 0.6 is 7.60 Å². The van der Waals surface area contributed by atoms with E-state index in [1.54, 1.807) is 6.21 Å². The maximum Gasteiger partial charge on any atom is 0.346 e. The minimum Gasteiger partial charge on any atom is -0.323 e. The molecule has 0 aliphatic heterocycles. The van der Waals surface area contributed by atoms with Gasteiger partial charge in [-0.05, 0) is 28.5 Å². The lowest BCUT2D eigenvalue weighted by atomic mass is 9.89. The Bertz CT molecular complexity index is 477. The van der Waals surface area contributed by atoms with Gasteiger partial charge in [0.1, 0.15) is 6.29 Å². The fourth-order valence-electron chi connectivity index (χ4n) is 2.00. The van der Waals surface area contributed by atoms with E-state index in [4.69, 9.17) is 9.79 Å². The van der Waals surface area contributed by atoms with E-state index < -0.39 is 13.9 Å². The van der Waals surface area contributed by atoms with Crippen molar-refractivity contribution < 1.29 is 14.4 Å². The highest BCUT2D eigenvalue weighted by atomic mass is 31.2. The summed E-state index contributed by atoms with van der Waals surface area (Å²) >= 11 is 0. The molecule has 2 N–H and O–H groups in total. The molecule has 1 aromatic carbocycles. The SMILES string of the molecule is CC(C)c1cccc(C(C)C)c1/C=N/CP(=O)(O)O. The van der Waals surface area contributed by atoms with Gasteiger partial charge in [-0.1, -0.05) is 45.9 Å². The van der Waals surface area contributed by atoms with E-state index >= 15 is 0 Å². The second-order valence-corrected chi connectivity index (χ2v) is 6.89. The molecule has 106 valence electrons. The Morgan fingerprint density at radius 1 is 1.16 bits per heavy atom. The van der Waals surface area contributed by atoms with E-state index in [0.717, 1.165) is 16.7 Å². The zero-order chi connectivity index (χ0) is 14.6. The number of hydrogen-bond acceptors (Lipinski definition) is 2. The van der Waals surface area contributed by atoms with Crippen molar-refractivity contribution in [1.82, 2.24) is 0 Å². The number of benzene rings is 1. The lowest BCUT2D eigenvalue weighted by Crippen LogP contribution is -2.03. The van der Waals surface area contributed by atoms with Crippen molar-refractivity contribution in [3.63, 3.8) is 0 Å². The first-order valence-corrected chi connectivity index (χ1v) is 8.19. The minimum atomic E-state index is -4.08. The highest BCUT2D eigenvalue weighted by molar-refractivity contribution is 7.51. The maximum absolute atomic E-state index is 10.8. The zero-order valence-electron chi connectivity index (χ0n) is 11.9. The van der Waals surface area contributed by atoms with Crippen LogP contribution in [0.4, 0.5) is 0 Å². The molecule has 19 heavy (non-hydrogen) atoms. The van der Waals surface area contributed by atoms with Crippen LogP contribution in [-0.2, 0) is 4.57 Å². The number of rotatable bonds is 5. The van der Waals surface area contributed by atoms with Gasteiger partial charge in [0.15, 0.2) is 0 Å². The Hall–Kier alpha value is -0.960. The van der Waals surface area contributed by atoms with E-state index in [1.165, 1.54) is 0 Å². The number of nitrogens with zero attached hydrogens (tertiary/aromatic N) is 1. The van der Waals surface area contributed by atoms with Gasteiger partial charge in [0.25, 0.3) is 0 Å². The normalized spacial score (nSPS) is 12.8. The molecule has 0 radical (unpaired) electrons. The van der Waals surface area contributed by atoms with E-state index in [0.29, 0.717) is 11.8 Å². The minimum absolute atomic E-state index is 0.343. The fraction of sp³-hybridized carbons (Fsp3) is 0.500. The third-order valence-electron chi connectivity index (χ3n) is 2.90. The summed E-state index contributed by atoms with van der Waals surface area (Å²) in [5.41, 5.74) is 3.29. The van der Waals surface area contributed by atoms with Gasteiger partial charge in [0.05, 0.1) is 0 Å². The van der Waals surface area contributed by atoms with Crippen LogP contribution in [-0.4, -0.2) is 22.3 Å². The Morgan fingerprint density at radius 3 is 2.00 bits per heavy atom. The van der Waals surface area contributed by atoms with E-state index in [-0.39, 0.29) is 0 Å². The van der Waals surface area contributed by atoms with Crippen molar-refractivity contribution in [2.24, 2.45) is 4.99 Å². The van der Waals surface area contributed by atoms with E-state index in [2.05, 4.69) is 32.7 Å². The number of hydrogen-bond donors (Lipinski definition) is 2. The summed E-state index contributed by atoms with van der Waals surface area (Å²) in [4.78, 5) is 21.6. The fourth-order valence-corrected chi connectivity index (χ4v) is 2.29. The highest BCUT2D eigenvalue weighted by Gasteiger charge is 2.13. The summed E-state index contributed by atoms with van der Waals surface area (Å²) in [6.45, 7) is 8.39. The average molecular weight is 283 g/mol. The molecule has 0 saturated carbocycles. The molecule has 0 aliphatic rings. The average Bonchev–Trinajstić information content (AvgIpc) is 2.26. The first kappa shape index (κ1) is 16.1. The van der Waals surface area contributed by atoms with Crippen molar-refractivity contribution in [3.05, 3.63) is 34.9 Å². The molecule has 0 saturated heterocycles. The summed E-state index contributed by atoms with van der Waals surface area (Å²) in [5, 5.41) is 0. The molecule has 0 fully saturated rings. The predicted molar refractivity (Wildman–Crippen MR) is 79.1 cm³/mol. The molecule has 0 unspecified atom stereocenters. The monoisotopic (exact) mass is 283 g/mol.